The van der Waals surface area contributed by atoms with Gasteiger partial charge in [0.05, 0.1) is 6.26 Å². The van der Waals surface area contributed by atoms with Crippen molar-refractivity contribution in [2.24, 2.45) is 5.14 Å². The van der Waals surface area contributed by atoms with Crippen LogP contribution in [-0.2, 0) is 10.0 Å². The van der Waals surface area contributed by atoms with Crippen LogP contribution in [0.3, 0.4) is 0 Å². The Kier molecular flexibility index (Phi) is 9.71. The van der Waals surface area contributed by atoms with Gasteiger partial charge >= 0.3 is 0 Å². The normalized spacial score (nSPS) is 8.93. The average Bonchev–Trinajstić information content (AvgIpc) is 2.06. The van der Waals surface area contributed by atoms with Gasteiger partial charge in [-0.2, -0.15) is 0 Å². The van der Waals surface area contributed by atoms with Crippen LogP contribution in [0.1, 0.15) is 19.4 Å². The van der Waals surface area contributed by atoms with E-state index in [4.69, 9.17) is 0 Å². The molecule has 1 aromatic rings. The van der Waals surface area contributed by atoms with Crippen molar-refractivity contribution in [1.82, 2.24) is 0 Å². The smallest absolute Gasteiger partial charge is 0.206 e. The summed E-state index contributed by atoms with van der Waals surface area (Å²) in [5.74, 6) is 0. The number of sulfonamides is 1. The molecule has 4 heteroatoms. The monoisotopic (exact) mass is 217 g/mol. The number of benzene rings is 1. The van der Waals surface area contributed by atoms with Gasteiger partial charge in [-0.3, -0.25) is 0 Å². The molecule has 1 rings (SSSR count). The largest absolute Gasteiger partial charge is 0.229 e. The maximum atomic E-state index is 9.41. The van der Waals surface area contributed by atoms with Crippen molar-refractivity contribution in [2.45, 2.75) is 20.8 Å². The molecule has 0 heterocycles. The molecule has 0 unspecified atom stereocenters. The third-order valence-corrected chi connectivity index (χ3v) is 0.940. The van der Waals surface area contributed by atoms with Crippen molar-refractivity contribution in [3.8, 4) is 0 Å². The highest BCUT2D eigenvalue weighted by Crippen LogP contribution is 1.92. The van der Waals surface area contributed by atoms with Crippen LogP contribution < -0.4 is 5.14 Å². The van der Waals surface area contributed by atoms with Gasteiger partial charge in [0.2, 0.25) is 10.0 Å². The molecule has 0 fully saturated rings. The highest BCUT2D eigenvalue weighted by Gasteiger charge is 1.78. The maximum absolute atomic E-state index is 9.41. The van der Waals surface area contributed by atoms with Crippen LogP contribution in [0, 0.1) is 6.92 Å². The quantitative estimate of drug-likeness (QED) is 0.721. The van der Waals surface area contributed by atoms with E-state index in [0.29, 0.717) is 0 Å². The summed E-state index contributed by atoms with van der Waals surface area (Å²) in [7, 11) is -3.17. The van der Waals surface area contributed by atoms with Gasteiger partial charge in [0.25, 0.3) is 0 Å². The van der Waals surface area contributed by atoms with Gasteiger partial charge < -0.3 is 0 Å². The molecule has 82 valence electrons. The number of aryl methyl sites for hydroxylation is 1. The Balaban J connectivity index is 0. The summed E-state index contributed by atoms with van der Waals surface area (Å²) < 4.78 is 18.8. The molecule has 0 radical (unpaired) electrons. The van der Waals surface area contributed by atoms with Gasteiger partial charge in [0, 0.05) is 0 Å². The minimum Gasteiger partial charge on any atom is -0.229 e. The number of hydrogen-bond donors (Lipinski definition) is 1. The van der Waals surface area contributed by atoms with Crippen LogP contribution >= 0.6 is 0 Å². The van der Waals surface area contributed by atoms with E-state index < -0.39 is 10.0 Å². The maximum Gasteiger partial charge on any atom is 0.206 e. The molecular formula is C10H19NO2S. The van der Waals surface area contributed by atoms with Crippen molar-refractivity contribution < 1.29 is 8.42 Å². The van der Waals surface area contributed by atoms with E-state index >= 15 is 0 Å². The molecule has 1 aromatic carbocycles. The fraction of sp³-hybridized carbons (Fsp3) is 0.400. The predicted octanol–water partition coefficient (Wildman–Crippen LogP) is 1.93. The number of rotatable bonds is 0. The minimum absolute atomic E-state index is 0.938. The van der Waals surface area contributed by atoms with Crippen molar-refractivity contribution in [1.29, 1.82) is 0 Å². The molecular weight excluding hydrogens is 198 g/mol. The summed E-state index contributed by atoms with van der Waals surface area (Å²) in [6, 6.07) is 10.3. The Hall–Kier alpha value is -0.870. The fourth-order valence-corrected chi connectivity index (χ4v) is 0.534. The molecule has 0 atom stereocenters. The molecule has 0 aromatic heterocycles. The fourth-order valence-electron chi connectivity index (χ4n) is 0.534. The molecule has 0 saturated heterocycles. The second-order valence-corrected chi connectivity index (χ2v) is 4.14. The van der Waals surface area contributed by atoms with Crippen molar-refractivity contribution >= 4 is 10.0 Å². The number of nitrogens with two attached hydrogens (primary N) is 1. The lowest BCUT2D eigenvalue weighted by Crippen LogP contribution is -2.07. The lowest BCUT2D eigenvalue weighted by Gasteiger charge is -1.82. The van der Waals surface area contributed by atoms with Gasteiger partial charge in [0.1, 0.15) is 0 Å². The minimum atomic E-state index is -3.17. The topological polar surface area (TPSA) is 60.2 Å². The standard InChI is InChI=1S/C7H8.C2H6.CH5NO2S/c1-7-5-3-2-4-6-7;1-2;1-5(2,3)4/h2-6H,1H3;1-2H3;1H3,(H2,2,3,4). The van der Waals surface area contributed by atoms with E-state index in [1.165, 1.54) is 5.56 Å². The van der Waals surface area contributed by atoms with Crippen molar-refractivity contribution in [2.75, 3.05) is 6.26 Å². The molecule has 3 nitrogen and oxygen atoms in total. The van der Waals surface area contributed by atoms with E-state index in [1.807, 2.05) is 32.0 Å². The summed E-state index contributed by atoms with van der Waals surface area (Å²) in [4.78, 5) is 0. The Bertz CT molecular complexity index is 298. The third kappa shape index (κ3) is 22.5. The summed E-state index contributed by atoms with van der Waals surface area (Å²) in [5, 5.41) is 4.33. The molecule has 14 heavy (non-hydrogen) atoms. The first kappa shape index (κ1) is 15.6. The zero-order chi connectivity index (χ0) is 11.6. The first-order valence-corrected chi connectivity index (χ1v) is 6.34. The van der Waals surface area contributed by atoms with Crippen LogP contribution in [0.15, 0.2) is 30.3 Å². The van der Waals surface area contributed by atoms with Crippen LogP contribution in [0.5, 0.6) is 0 Å². The second kappa shape index (κ2) is 8.72. The summed E-state index contributed by atoms with van der Waals surface area (Å²) >= 11 is 0. The Morgan fingerprint density at radius 2 is 1.36 bits per heavy atom. The molecule has 0 aliphatic heterocycles. The molecule has 0 saturated carbocycles. The SMILES string of the molecule is CC.CS(N)(=O)=O.Cc1ccccc1. The highest BCUT2D eigenvalue weighted by atomic mass is 32.2. The third-order valence-electron chi connectivity index (χ3n) is 0.940. The molecule has 0 aliphatic carbocycles. The van der Waals surface area contributed by atoms with E-state index in [9.17, 15) is 8.42 Å². The van der Waals surface area contributed by atoms with E-state index in [0.717, 1.165) is 6.26 Å². The van der Waals surface area contributed by atoms with Gasteiger partial charge in [0.15, 0.2) is 0 Å². The summed E-state index contributed by atoms with van der Waals surface area (Å²) in [5.41, 5.74) is 1.32. The van der Waals surface area contributed by atoms with Crippen LogP contribution in [0.4, 0.5) is 0 Å². The molecule has 0 amide bonds. The molecule has 0 bridgehead atoms. The van der Waals surface area contributed by atoms with Crippen LogP contribution in [0.25, 0.3) is 0 Å². The van der Waals surface area contributed by atoms with Gasteiger partial charge in [-0.15, -0.1) is 0 Å². The van der Waals surface area contributed by atoms with E-state index in [1.54, 1.807) is 0 Å². The molecule has 2 N–H and O–H groups in total. The zero-order valence-electron chi connectivity index (χ0n) is 9.19. The van der Waals surface area contributed by atoms with Gasteiger partial charge in [-0.25, -0.2) is 13.6 Å². The van der Waals surface area contributed by atoms with Crippen molar-refractivity contribution in [3.05, 3.63) is 35.9 Å². The van der Waals surface area contributed by atoms with Gasteiger partial charge in [-0.05, 0) is 6.92 Å². The average molecular weight is 217 g/mol. The van der Waals surface area contributed by atoms with Crippen LogP contribution in [0.2, 0.25) is 0 Å². The molecule has 0 aliphatic rings. The second-order valence-electron chi connectivity index (χ2n) is 2.48. The number of primary sulfonamides is 1. The van der Waals surface area contributed by atoms with Crippen molar-refractivity contribution in [3.63, 3.8) is 0 Å². The first-order chi connectivity index (χ1) is 6.39. The molecule has 0 spiro atoms. The zero-order valence-corrected chi connectivity index (χ0v) is 10.0. The Morgan fingerprint density at radius 1 is 1.07 bits per heavy atom. The summed E-state index contributed by atoms with van der Waals surface area (Å²) in [6.07, 6.45) is 0.938. The predicted molar refractivity (Wildman–Crippen MR) is 61.6 cm³/mol. The first-order valence-electron chi connectivity index (χ1n) is 4.39. The Morgan fingerprint density at radius 3 is 1.50 bits per heavy atom. The van der Waals surface area contributed by atoms with Gasteiger partial charge in [-0.1, -0.05) is 49.7 Å². The summed E-state index contributed by atoms with van der Waals surface area (Å²) in [6.45, 7) is 6.08. The lowest BCUT2D eigenvalue weighted by molar-refractivity contribution is 0.603. The van der Waals surface area contributed by atoms with E-state index in [2.05, 4.69) is 24.2 Å². The lowest BCUT2D eigenvalue weighted by atomic mass is 10.2. The number of hydrogen-bond acceptors (Lipinski definition) is 2. The van der Waals surface area contributed by atoms with E-state index in [-0.39, 0.29) is 0 Å². The van der Waals surface area contributed by atoms with Crippen LogP contribution in [-0.4, -0.2) is 14.7 Å². The Labute approximate surface area is 87.0 Å². The highest BCUT2D eigenvalue weighted by molar-refractivity contribution is 7.88.